The lowest BCUT2D eigenvalue weighted by molar-refractivity contribution is -0.138. The number of likely N-dealkylation sites (N-methyl/N-ethyl adjacent to an activating group) is 2. The number of rotatable bonds is 6. The maximum absolute atomic E-state index is 13.6. The summed E-state index contributed by atoms with van der Waals surface area (Å²) in [5, 5.41) is 2.20. The summed E-state index contributed by atoms with van der Waals surface area (Å²) in [6.07, 6.45) is 0. The standard InChI is InChI=1S/C18H25F3N4O2/c1-4-24-7-9-25(10-8-24)18(27)12(2)23(3)11-15(26)22-14-6-5-13(19)16(20)17(14)21/h5-6,12H,4,7-11H2,1-3H3,(H,22,26)/t12-/m1/s1. The van der Waals surface area contributed by atoms with Crippen LogP contribution in [0.1, 0.15) is 13.8 Å². The lowest BCUT2D eigenvalue weighted by atomic mass is 10.2. The number of hydrogen-bond donors (Lipinski definition) is 1. The molecule has 1 fully saturated rings. The van der Waals surface area contributed by atoms with Crippen LogP contribution in [0.3, 0.4) is 0 Å². The molecule has 0 unspecified atom stereocenters. The first-order chi connectivity index (χ1) is 12.7. The Morgan fingerprint density at radius 1 is 1.15 bits per heavy atom. The number of amides is 2. The van der Waals surface area contributed by atoms with E-state index in [4.69, 9.17) is 0 Å². The van der Waals surface area contributed by atoms with E-state index in [2.05, 4.69) is 17.1 Å². The van der Waals surface area contributed by atoms with Gasteiger partial charge in [-0.15, -0.1) is 0 Å². The second kappa shape index (κ2) is 9.18. The van der Waals surface area contributed by atoms with Gasteiger partial charge in [-0.25, -0.2) is 13.2 Å². The smallest absolute Gasteiger partial charge is 0.239 e. The molecule has 0 aromatic heterocycles. The van der Waals surface area contributed by atoms with Gasteiger partial charge in [0.25, 0.3) is 0 Å². The van der Waals surface area contributed by atoms with Crippen molar-refractivity contribution in [3.05, 3.63) is 29.6 Å². The summed E-state index contributed by atoms with van der Waals surface area (Å²) >= 11 is 0. The van der Waals surface area contributed by atoms with Crippen LogP contribution in [-0.2, 0) is 9.59 Å². The molecule has 1 aliphatic rings. The van der Waals surface area contributed by atoms with Crippen LogP contribution >= 0.6 is 0 Å². The lowest BCUT2D eigenvalue weighted by Gasteiger charge is -2.36. The first-order valence-corrected chi connectivity index (χ1v) is 8.89. The molecule has 0 saturated carbocycles. The number of anilines is 1. The summed E-state index contributed by atoms with van der Waals surface area (Å²) in [5.74, 6) is -5.14. The molecule has 0 aliphatic carbocycles. The molecule has 0 radical (unpaired) electrons. The number of nitrogens with zero attached hydrogens (tertiary/aromatic N) is 3. The van der Waals surface area contributed by atoms with Gasteiger partial charge in [-0.2, -0.15) is 0 Å². The van der Waals surface area contributed by atoms with Crippen molar-refractivity contribution >= 4 is 17.5 Å². The van der Waals surface area contributed by atoms with Crippen molar-refractivity contribution in [2.45, 2.75) is 19.9 Å². The molecule has 6 nitrogen and oxygen atoms in total. The largest absolute Gasteiger partial charge is 0.339 e. The first kappa shape index (κ1) is 21.2. The predicted octanol–water partition coefficient (Wildman–Crippen LogP) is 1.53. The van der Waals surface area contributed by atoms with E-state index in [0.717, 1.165) is 31.8 Å². The van der Waals surface area contributed by atoms with E-state index < -0.39 is 35.1 Å². The minimum Gasteiger partial charge on any atom is -0.339 e. The molecule has 1 aliphatic heterocycles. The summed E-state index contributed by atoms with van der Waals surface area (Å²) in [5.41, 5.74) is -0.443. The van der Waals surface area contributed by atoms with E-state index in [1.807, 2.05) is 0 Å². The van der Waals surface area contributed by atoms with Gasteiger partial charge in [0.2, 0.25) is 11.8 Å². The first-order valence-electron chi connectivity index (χ1n) is 8.89. The van der Waals surface area contributed by atoms with Gasteiger partial charge in [-0.3, -0.25) is 14.5 Å². The molecular weight excluding hydrogens is 361 g/mol. The SMILES string of the molecule is CCN1CCN(C(=O)[C@@H](C)N(C)CC(=O)Nc2ccc(F)c(F)c2F)CC1. The van der Waals surface area contributed by atoms with E-state index >= 15 is 0 Å². The molecule has 1 aromatic rings. The van der Waals surface area contributed by atoms with E-state index in [-0.39, 0.29) is 12.5 Å². The highest BCUT2D eigenvalue weighted by molar-refractivity contribution is 5.93. The third kappa shape index (κ3) is 5.20. The average Bonchev–Trinajstić information content (AvgIpc) is 2.67. The molecule has 0 spiro atoms. The van der Waals surface area contributed by atoms with Crippen molar-refractivity contribution in [2.24, 2.45) is 0 Å². The fourth-order valence-electron chi connectivity index (χ4n) is 2.91. The highest BCUT2D eigenvalue weighted by Crippen LogP contribution is 2.19. The van der Waals surface area contributed by atoms with Gasteiger partial charge in [0.15, 0.2) is 17.5 Å². The second-order valence-corrected chi connectivity index (χ2v) is 6.62. The minimum atomic E-state index is -1.64. The fourth-order valence-corrected chi connectivity index (χ4v) is 2.91. The Hall–Kier alpha value is -2.13. The minimum absolute atomic E-state index is 0.0833. The van der Waals surface area contributed by atoms with E-state index in [1.54, 1.807) is 18.9 Å². The third-order valence-corrected chi connectivity index (χ3v) is 4.85. The predicted molar refractivity (Wildman–Crippen MR) is 95.7 cm³/mol. The molecule has 9 heteroatoms. The van der Waals surface area contributed by atoms with Crippen molar-refractivity contribution in [2.75, 3.05) is 51.6 Å². The Bertz CT molecular complexity index is 693. The Kier molecular flexibility index (Phi) is 7.20. The molecular formula is C18H25F3N4O2. The molecule has 2 amide bonds. The highest BCUT2D eigenvalue weighted by atomic mass is 19.2. The van der Waals surface area contributed by atoms with Gasteiger partial charge in [0.05, 0.1) is 18.3 Å². The van der Waals surface area contributed by atoms with Crippen LogP contribution in [0.5, 0.6) is 0 Å². The fraction of sp³-hybridized carbons (Fsp3) is 0.556. The molecule has 1 atom stereocenters. The number of piperazine rings is 1. The van der Waals surface area contributed by atoms with Gasteiger partial charge < -0.3 is 15.1 Å². The number of carbonyl (C=O) groups is 2. The van der Waals surface area contributed by atoms with Crippen molar-refractivity contribution < 1.29 is 22.8 Å². The average molecular weight is 386 g/mol. The van der Waals surface area contributed by atoms with Crippen LogP contribution in [-0.4, -0.2) is 78.9 Å². The van der Waals surface area contributed by atoms with Crippen LogP contribution in [0.2, 0.25) is 0 Å². The van der Waals surface area contributed by atoms with E-state index in [9.17, 15) is 22.8 Å². The van der Waals surface area contributed by atoms with Crippen LogP contribution in [0.15, 0.2) is 12.1 Å². The zero-order valence-electron chi connectivity index (χ0n) is 15.8. The number of halogens is 3. The highest BCUT2D eigenvalue weighted by Gasteiger charge is 2.27. The van der Waals surface area contributed by atoms with Crippen LogP contribution in [0.25, 0.3) is 0 Å². The van der Waals surface area contributed by atoms with Gasteiger partial charge in [0, 0.05) is 26.2 Å². The zero-order valence-corrected chi connectivity index (χ0v) is 15.8. The zero-order chi connectivity index (χ0) is 20.1. The summed E-state index contributed by atoms with van der Waals surface area (Å²) in [4.78, 5) is 30.2. The number of carbonyl (C=O) groups excluding carboxylic acids is 2. The van der Waals surface area contributed by atoms with Gasteiger partial charge in [-0.1, -0.05) is 6.92 Å². The summed E-state index contributed by atoms with van der Waals surface area (Å²) in [6, 6.07) is 1.14. The maximum Gasteiger partial charge on any atom is 0.239 e. The molecule has 0 bridgehead atoms. The molecule has 150 valence electrons. The lowest BCUT2D eigenvalue weighted by Crippen LogP contribution is -2.54. The quantitative estimate of drug-likeness (QED) is 0.754. The monoisotopic (exact) mass is 386 g/mol. The molecule has 27 heavy (non-hydrogen) atoms. The van der Waals surface area contributed by atoms with Gasteiger partial charge >= 0.3 is 0 Å². The van der Waals surface area contributed by atoms with Crippen LogP contribution in [0, 0.1) is 17.5 Å². The van der Waals surface area contributed by atoms with Crippen molar-refractivity contribution in [1.82, 2.24) is 14.7 Å². The summed E-state index contributed by atoms with van der Waals surface area (Å²) in [6.45, 7) is 7.41. The molecule has 1 aromatic carbocycles. The summed E-state index contributed by atoms with van der Waals surface area (Å²) in [7, 11) is 1.60. The van der Waals surface area contributed by atoms with Crippen molar-refractivity contribution in [3.8, 4) is 0 Å². The Morgan fingerprint density at radius 2 is 1.78 bits per heavy atom. The number of benzene rings is 1. The second-order valence-electron chi connectivity index (χ2n) is 6.62. The Labute approximate surface area is 156 Å². The van der Waals surface area contributed by atoms with E-state index in [1.165, 1.54) is 4.90 Å². The Morgan fingerprint density at radius 3 is 2.37 bits per heavy atom. The van der Waals surface area contributed by atoms with E-state index in [0.29, 0.717) is 13.1 Å². The normalized spacial score (nSPS) is 16.5. The number of nitrogens with one attached hydrogen (secondary N) is 1. The van der Waals surface area contributed by atoms with Crippen LogP contribution < -0.4 is 5.32 Å². The van der Waals surface area contributed by atoms with Crippen molar-refractivity contribution in [3.63, 3.8) is 0 Å². The molecule has 1 saturated heterocycles. The molecule has 2 rings (SSSR count). The summed E-state index contributed by atoms with van der Waals surface area (Å²) < 4.78 is 39.8. The molecule has 1 heterocycles. The third-order valence-electron chi connectivity index (χ3n) is 4.85. The van der Waals surface area contributed by atoms with Crippen molar-refractivity contribution in [1.29, 1.82) is 0 Å². The topological polar surface area (TPSA) is 55.9 Å². The van der Waals surface area contributed by atoms with Crippen LogP contribution in [0.4, 0.5) is 18.9 Å². The number of hydrogen-bond acceptors (Lipinski definition) is 4. The Balaban J connectivity index is 1.90. The van der Waals surface area contributed by atoms with Gasteiger partial charge in [0.1, 0.15) is 0 Å². The molecule has 1 N–H and O–H groups in total. The maximum atomic E-state index is 13.6. The van der Waals surface area contributed by atoms with Gasteiger partial charge in [-0.05, 0) is 32.6 Å².